The van der Waals surface area contributed by atoms with E-state index in [0.717, 1.165) is 21.4 Å². The molecule has 1 atom stereocenters. The van der Waals surface area contributed by atoms with Crippen LogP contribution in [0.3, 0.4) is 0 Å². The molecule has 0 amide bonds. The lowest BCUT2D eigenvalue weighted by Crippen LogP contribution is -2.42. The lowest BCUT2D eigenvalue weighted by molar-refractivity contribution is -0.116. The Hall–Kier alpha value is -3.84. The average Bonchev–Trinajstić information content (AvgIpc) is 2.93. The predicted octanol–water partition coefficient (Wildman–Crippen LogP) is 7.33. The molecule has 0 aromatic heterocycles. The van der Waals surface area contributed by atoms with Crippen LogP contribution < -0.4 is 14.4 Å². The number of aliphatic hydroxyl groups is 1. The van der Waals surface area contributed by atoms with Gasteiger partial charge in [0.2, 0.25) is 0 Å². The van der Waals surface area contributed by atoms with Gasteiger partial charge in [-0.15, -0.1) is 0 Å². The monoisotopic (exact) mass is 572 g/mol. The van der Waals surface area contributed by atoms with Crippen molar-refractivity contribution in [3.05, 3.63) is 105 Å². The fourth-order valence-corrected chi connectivity index (χ4v) is 5.57. The van der Waals surface area contributed by atoms with E-state index >= 15 is 0 Å². The van der Waals surface area contributed by atoms with Gasteiger partial charge in [0.05, 0.1) is 20.1 Å². The number of halogens is 1. The minimum atomic E-state index is -0.705. The Morgan fingerprint density at radius 2 is 1.71 bits per heavy atom. The third kappa shape index (κ3) is 4.52. The molecule has 3 aromatic carbocycles. The number of ketones is 1. The summed E-state index contributed by atoms with van der Waals surface area (Å²) in [6.45, 7) is 1.98. The smallest absolute Gasteiger partial charge is 0.161 e. The quantitative estimate of drug-likeness (QED) is 0.313. The number of ether oxygens (including phenoxy) is 2. The minimum absolute atomic E-state index is 0.00457. The summed E-state index contributed by atoms with van der Waals surface area (Å²) in [6.07, 6.45) is 1.74. The molecule has 1 aliphatic carbocycles. The Morgan fingerprint density at radius 1 is 1.00 bits per heavy atom. The molecule has 0 unspecified atom stereocenters. The summed E-state index contributed by atoms with van der Waals surface area (Å²) >= 11 is 3.49. The van der Waals surface area contributed by atoms with Gasteiger partial charge < -0.3 is 14.6 Å². The molecule has 0 fully saturated rings. The Bertz CT molecular complexity index is 1470. The molecule has 2 N–H and O–H groups in total. The summed E-state index contributed by atoms with van der Waals surface area (Å²) in [7, 11) is 3.16. The van der Waals surface area contributed by atoms with Crippen LogP contribution in [0.25, 0.3) is 5.76 Å². The molecule has 6 nitrogen and oxygen atoms in total. The standard InChI is InChI=1S/C31H29BrN2O4/c1-18-7-9-19(10-8-18)30(36)29-27(23-17-22(37-2)15-16-26(23)38-3)28-24(5-4-6-25(28)35)34(31(29)33)21-13-11-20(32)12-14-21/h7-17,27,33,36H,4-6H2,1-3H3/b30-29+,33-31?/t27-/m0/s1. The van der Waals surface area contributed by atoms with Crippen LogP contribution in [0.15, 0.2) is 88.0 Å². The van der Waals surface area contributed by atoms with Crippen molar-refractivity contribution in [2.24, 2.45) is 0 Å². The van der Waals surface area contributed by atoms with Gasteiger partial charge in [-0.1, -0.05) is 45.8 Å². The number of hydrogen-bond acceptors (Lipinski definition) is 5. The maximum atomic E-state index is 13.7. The summed E-state index contributed by atoms with van der Waals surface area (Å²) in [6, 6.07) is 20.6. The van der Waals surface area contributed by atoms with Crippen molar-refractivity contribution < 1.29 is 19.4 Å². The van der Waals surface area contributed by atoms with E-state index < -0.39 is 5.92 Å². The van der Waals surface area contributed by atoms with E-state index in [1.54, 1.807) is 26.4 Å². The number of nitrogens with zero attached hydrogens (tertiary/aromatic N) is 1. The number of carbonyl (C=O) groups excluding carboxylic acids is 1. The summed E-state index contributed by atoms with van der Waals surface area (Å²) in [4.78, 5) is 15.5. The molecule has 0 radical (unpaired) electrons. The highest BCUT2D eigenvalue weighted by atomic mass is 79.9. The van der Waals surface area contributed by atoms with Crippen molar-refractivity contribution in [1.29, 1.82) is 5.41 Å². The van der Waals surface area contributed by atoms with Crippen LogP contribution >= 0.6 is 15.9 Å². The number of aryl methyl sites for hydroxylation is 1. The first-order valence-corrected chi connectivity index (χ1v) is 13.3. The van der Waals surface area contributed by atoms with Gasteiger partial charge >= 0.3 is 0 Å². The lowest BCUT2D eigenvalue weighted by atomic mass is 9.73. The van der Waals surface area contributed by atoms with Crippen LogP contribution in [0.5, 0.6) is 11.5 Å². The molecular weight excluding hydrogens is 544 g/mol. The van der Waals surface area contributed by atoms with Gasteiger partial charge in [-0.3, -0.25) is 15.1 Å². The van der Waals surface area contributed by atoms with E-state index in [-0.39, 0.29) is 17.4 Å². The van der Waals surface area contributed by atoms with Crippen LogP contribution in [0.2, 0.25) is 0 Å². The highest BCUT2D eigenvalue weighted by molar-refractivity contribution is 9.10. The number of amidine groups is 1. The number of nitrogens with one attached hydrogen (secondary N) is 1. The first kappa shape index (κ1) is 25.8. The molecule has 0 saturated carbocycles. The second-order valence-electron chi connectivity index (χ2n) is 9.47. The second kappa shape index (κ2) is 10.5. The van der Waals surface area contributed by atoms with Gasteiger partial charge in [0.25, 0.3) is 0 Å². The third-order valence-corrected chi connectivity index (χ3v) is 7.70. The predicted molar refractivity (Wildman–Crippen MR) is 153 cm³/mol. The number of anilines is 1. The van der Waals surface area contributed by atoms with Crippen molar-refractivity contribution in [3.8, 4) is 11.5 Å². The maximum Gasteiger partial charge on any atom is 0.161 e. The van der Waals surface area contributed by atoms with E-state index in [1.165, 1.54) is 0 Å². The normalized spacial score (nSPS) is 18.8. The summed E-state index contributed by atoms with van der Waals surface area (Å²) in [5.74, 6) is 0.529. The van der Waals surface area contributed by atoms with E-state index in [2.05, 4.69) is 15.9 Å². The van der Waals surface area contributed by atoms with E-state index in [9.17, 15) is 15.3 Å². The van der Waals surface area contributed by atoms with Gasteiger partial charge in [-0.25, -0.2) is 0 Å². The van der Waals surface area contributed by atoms with E-state index in [4.69, 9.17) is 9.47 Å². The number of aliphatic hydroxyl groups excluding tert-OH is 1. The Kier molecular flexibility index (Phi) is 7.13. The molecule has 0 saturated heterocycles. The van der Waals surface area contributed by atoms with Crippen LogP contribution in [-0.4, -0.2) is 30.9 Å². The second-order valence-corrected chi connectivity index (χ2v) is 10.4. The molecule has 0 spiro atoms. The van der Waals surface area contributed by atoms with Crippen molar-refractivity contribution in [2.75, 3.05) is 19.1 Å². The summed E-state index contributed by atoms with van der Waals surface area (Å²) in [5, 5.41) is 21.3. The van der Waals surface area contributed by atoms with E-state index in [0.29, 0.717) is 53.0 Å². The Balaban J connectivity index is 1.86. The molecule has 5 rings (SSSR count). The number of carbonyl (C=O) groups is 1. The third-order valence-electron chi connectivity index (χ3n) is 7.17. The molecular formula is C31H29BrN2O4. The minimum Gasteiger partial charge on any atom is -0.507 e. The van der Waals surface area contributed by atoms with Crippen molar-refractivity contribution in [3.63, 3.8) is 0 Å². The van der Waals surface area contributed by atoms with Crippen molar-refractivity contribution >= 4 is 39.0 Å². The topological polar surface area (TPSA) is 82.9 Å². The Morgan fingerprint density at radius 3 is 2.37 bits per heavy atom. The molecule has 1 aliphatic heterocycles. The summed E-state index contributed by atoms with van der Waals surface area (Å²) in [5.41, 5.74) is 4.76. The largest absolute Gasteiger partial charge is 0.507 e. The van der Waals surface area contributed by atoms with Gasteiger partial charge in [-0.2, -0.15) is 0 Å². The molecule has 2 aliphatic rings. The first-order valence-electron chi connectivity index (χ1n) is 12.5. The highest BCUT2D eigenvalue weighted by Crippen LogP contribution is 2.50. The Labute approximate surface area is 230 Å². The molecule has 194 valence electrons. The number of Topliss-reactive ketones (excluding diaryl/α,β-unsaturated/α-hetero) is 1. The molecule has 3 aromatic rings. The number of rotatable bonds is 5. The van der Waals surface area contributed by atoms with Gasteiger partial charge in [0.15, 0.2) is 5.78 Å². The van der Waals surface area contributed by atoms with Crippen molar-refractivity contribution in [1.82, 2.24) is 0 Å². The van der Waals surface area contributed by atoms with Gasteiger partial charge in [0, 0.05) is 44.6 Å². The molecule has 0 bridgehead atoms. The zero-order chi connectivity index (χ0) is 27.0. The van der Waals surface area contributed by atoms with Crippen LogP contribution in [-0.2, 0) is 4.79 Å². The van der Waals surface area contributed by atoms with Crippen molar-refractivity contribution in [2.45, 2.75) is 32.1 Å². The number of hydrogen-bond donors (Lipinski definition) is 2. The highest BCUT2D eigenvalue weighted by Gasteiger charge is 2.44. The summed E-state index contributed by atoms with van der Waals surface area (Å²) < 4.78 is 12.2. The number of methoxy groups -OCH3 is 2. The van der Waals surface area contributed by atoms with Crippen LogP contribution in [0.4, 0.5) is 5.69 Å². The zero-order valence-electron chi connectivity index (χ0n) is 21.5. The van der Waals surface area contributed by atoms with Crippen LogP contribution in [0, 0.1) is 12.3 Å². The number of allylic oxidation sites excluding steroid dienone is 2. The fourth-order valence-electron chi connectivity index (χ4n) is 5.31. The first-order chi connectivity index (χ1) is 18.3. The van der Waals surface area contributed by atoms with Gasteiger partial charge in [-0.05, 0) is 62.2 Å². The lowest BCUT2D eigenvalue weighted by Gasteiger charge is -2.42. The SMILES string of the molecule is COc1ccc(OC)c([C@H]2C3=C(CCCC3=O)N(c3ccc(Br)cc3)C(=N)/C2=C(/O)c2ccc(C)cc2)c1. The number of benzene rings is 3. The molecule has 38 heavy (non-hydrogen) atoms. The van der Waals surface area contributed by atoms with Gasteiger partial charge in [0.1, 0.15) is 23.1 Å². The fraction of sp³-hybridized carbons (Fsp3) is 0.226. The average molecular weight is 573 g/mol. The zero-order valence-corrected chi connectivity index (χ0v) is 23.1. The van der Waals surface area contributed by atoms with Crippen LogP contribution in [0.1, 0.15) is 41.9 Å². The molecule has 1 heterocycles. The maximum absolute atomic E-state index is 13.7. The molecule has 7 heteroatoms. The van der Waals surface area contributed by atoms with E-state index in [1.807, 2.05) is 66.4 Å².